The van der Waals surface area contributed by atoms with Crippen LogP contribution in [0.15, 0.2) is 36.0 Å². The minimum atomic E-state index is -0.597. The molecule has 119 valence electrons. The Balaban J connectivity index is 2.02. The Morgan fingerprint density at radius 2 is 1.83 bits per heavy atom. The Kier molecular flexibility index (Phi) is 6.47. The van der Waals surface area contributed by atoms with Crippen molar-refractivity contribution < 1.29 is 14.3 Å². The van der Waals surface area contributed by atoms with Crippen LogP contribution in [0.25, 0.3) is 0 Å². The zero-order valence-electron chi connectivity index (χ0n) is 12.5. The molecule has 2 amide bonds. The maximum absolute atomic E-state index is 12.0. The Bertz CT molecular complexity index is 578. The highest BCUT2D eigenvalue weighted by Crippen LogP contribution is 2.25. The van der Waals surface area contributed by atoms with Crippen molar-refractivity contribution in [2.45, 2.75) is 6.92 Å². The summed E-state index contributed by atoms with van der Waals surface area (Å²) in [5.41, 5.74) is 0.618. The summed E-state index contributed by atoms with van der Waals surface area (Å²) in [5.74, 6) is 0.194. The summed E-state index contributed by atoms with van der Waals surface area (Å²) in [4.78, 5) is 24.0. The van der Waals surface area contributed by atoms with Gasteiger partial charge in [0.15, 0.2) is 0 Å². The van der Waals surface area contributed by atoms with E-state index in [4.69, 9.17) is 16.3 Å². The van der Waals surface area contributed by atoms with Crippen LogP contribution in [-0.4, -0.2) is 18.6 Å². The van der Waals surface area contributed by atoms with E-state index in [0.29, 0.717) is 10.7 Å². The number of allylic oxidation sites excluding steroid dienone is 1. The van der Waals surface area contributed by atoms with Crippen LogP contribution in [0.1, 0.15) is 6.92 Å². The topological polar surface area (TPSA) is 67.4 Å². The van der Waals surface area contributed by atoms with Crippen LogP contribution >= 0.6 is 11.6 Å². The molecule has 0 unspecified atom stereocenters. The number of carbonyl (C=O) groups is 2. The van der Waals surface area contributed by atoms with Gasteiger partial charge < -0.3 is 15.4 Å². The van der Waals surface area contributed by atoms with Crippen molar-refractivity contribution in [1.29, 1.82) is 0 Å². The molecule has 0 saturated heterocycles. The van der Waals surface area contributed by atoms with Crippen molar-refractivity contribution in [1.82, 2.24) is 5.32 Å². The van der Waals surface area contributed by atoms with Gasteiger partial charge in [0.25, 0.3) is 0 Å². The summed E-state index contributed by atoms with van der Waals surface area (Å²) in [6.45, 7) is 1.92. The molecular formula is C17H16ClN2O3. The number of hydrogen-bond donors (Lipinski definition) is 2. The van der Waals surface area contributed by atoms with Crippen LogP contribution in [0.3, 0.4) is 0 Å². The van der Waals surface area contributed by atoms with Gasteiger partial charge in [-0.2, -0.15) is 0 Å². The van der Waals surface area contributed by atoms with Gasteiger partial charge in [-0.05, 0) is 62.9 Å². The van der Waals surface area contributed by atoms with Gasteiger partial charge in [-0.3, -0.25) is 0 Å². The van der Waals surface area contributed by atoms with Crippen molar-refractivity contribution in [2.75, 3.05) is 11.9 Å². The summed E-state index contributed by atoms with van der Waals surface area (Å²) in [6, 6.07) is 6.09. The molecule has 1 aromatic rings. The number of amides is 2. The number of anilines is 1. The lowest BCUT2D eigenvalue weighted by Crippen LogP contribution is -2.32. The standard InChI is InChI=1S/C17H16ClN2O3/c1-2-23-16(21)15(11-12-5-3-4-6-12)20-17(22)19-14-9-7-13(18)8-10-14/h3-11H,2H2,1H3,(H2,19,20,22)/b15-11-. The fourth-order valence-electron chi connectivity index (χ4n) is 1.82. The highest BCUT2D eigenvalue weighted by Gasteiger charge is 2.20. The molecule has 1 aliphatic carbocycles. The van der Waals surface area contributed by atoms with Gasteiger partial charge in [0.05, 0.1) is 6.61 Å². The van der Waals surface area contributed by atoms with Crippen molar-refractivity contribution in [2.24, 2.45) is 0 Å². The number of halogens is 1. The Hall–Kier alpha value is -2.01. The minimum Gasteiger partial charge on any atom is -0.461 e. The number of rotatable bonds is 5. The third-order valence-corrected chi connectivity index (χ3v) is 3.10. The molecule has 0 bridgehead atoms. The number of urea groups is 1. The van der Waals surface area contributed by atoms with Crippen LogP contribution in [0, 0.1) is 31.6 Å². The second-order valence-electron chi connectivity index (χ2n) is 4.58. The van der Waals surface area contributed by atoms with Gasteiger partial charge in [-0.15, -0.1) is 0 Å². The zero-order chi connectivity index (χ0) is 16.7. The Labute approximate surface area is 141 Å². The van der Waals surface area contributed by atoms with Gasteiger partial charge >= 0.3 is 12.0 Å². The van der Waals surface area contributed by atoms with Crippen LogP contribution in [0.2, 0.25) is 5.02 Å². The number of hydrogen-bond acceptors (Lipinski definition) is 3. The fraction of sp³-hybridized carbons (Fsp3) is 0.118. The molecule has 0 aliphatic heterocycles. The minimum absolute atomic E-state index is 0.0597. The lowest BCUT2D eigenvalue weighted by molar-refractivity contribution is -0.138. The molecule has 1 fully saturated rings. The van der Waals surface area contributed by atoms with Gasteiger partial charge in [0.1, 0.15) is 5.70 Å². The predicted octanol–water partition coefficient (Wildman–Crippen LogP) is 3.31. The average Bonchev–Trinajstić information content (AvgIpc) is 3.02. The van der Waals surface area contributed by atoms with Crippen molar-refractivity contribution in [3.8, 4) is 0 Å². The Morgan fingerprint density at radius 1 is 1.17 bits per heavy atom. The predicted molar refractivity (Wildman–Crippen MR) is 88.8 cm³/mol. The summed E-state index contributed by atoms with van der Waals surface area (Å²) < 4.78 is 4.95. The normalized spacial score (nSPS) is 15.3. The molecule has 1 aromatic carbocycles. The SMILES string of the molecule is CCOC(=O)/C(=C/[C]1[CH][CH][CH][CH]1)NC(=O)Nc1ccc(Cl)cc1. The third kappa shape index (κ3) is 5.60. The Morgan fingerprint density at radius 3 is 2.43 bits per heavy atom. The number of ether oxygens (including phenoxy) is 1. The molecular weight excluding hydrogens is 316 g/mol. The van der Waals surface area contributed by atoms with E-state index in [1.165, 1.54) is 0 Å². The quantitative estimate of drug-likeness (QED) is 0.642. The van der Waals surface area contributed by atoms with Crippen LogP contribution in [-0.2, 0) is 9.53 Å². The lowest BCUT2D eigenvalue weighted by Gasteiger charge is -2.12. The molecule has 0 atom stereocenters. The summed E-state index contributed by atoms with van der Waals surface area (Å²) in [7, 11) is 0. The zero-order valence-corrected chi connectivity index (χ0v) is 13.3. The summed E-state index contributed by atoms with van der Waals surface area (Å²) >= 11 is 5.79. The van der Waals surface area contributed by atoms with E-state index in [9.17, 15) is 9.59 Å². The number of benzene rings is 1. The lowest BCUT2D eigenvalue weighted by atomic mass is 10.1. The van der Waals surface area contributed by atoms with Crippen molar-refractivity contribution >= 4 is 29.3 Å². The van der Waals surface area contributed by atoms with E-state index >= 15 is 0 Å². The maximum atomic E-state index is 12.0. The smallest absolute Gasteiger partial charge is 0.354 e. The number of nitrogens with one attached hydrogen (secondary N) is 2. The maximum Gasteiger partial charge on any atom is 0.354 e. The third-order valence-electron chi connectivity index (χ3n) is 2.85. The molecule has 23 heavy (non-hydrogen) atoms. The second kappa shape index (κ2) is 8.58. The number of esters is 1. The van der Waals surface area contributed by atoms with Gasteiger partial charge in [0, 0.05) is 16.6 Å². The average molecular weight is 332 g/mol. The summed E-state index contributed by atoms with van der Waals surface area (Å²) in [6.07, 6.45) is 8.86. The molecule has 2 rings (SSSR count). The van der Waals surface area contributed by atoms with E-state index in [1.54, 1.807) is 37.3 Å². The van der Waals surface area contributed by atoms with E-state index in [2.05, 4.69) is 10.6 Å². The monoisotopic (exact) mass is 331 g/mol. The van der Waals surface area contributed by atoms with Crippen LogP contribution in [0.4, 0.5) is 10.5 Å². The van der Waals surface area contributed by atoms with E-state index in [0.717, 1.165) is 5.92 Å². The van der Waals surface area contributed by atoms with E-state index < -0.39 is 12.0 Å². The van der Waals surface area contributed by atoms with Crippen molar-refractivity contribution in [3.05, 3.63) is 72.7 Å². The van der Waals surface area contributed by atoms with E-state index in [1.807, 2.05) is 25.7 Å². The molecule has 2 N–H and O–H groups in total. The number of carbonyl (C=O) groups excluding carboxylic acids is 2. The van der Waals surface area contributed by atoms with Crippen molar-refractivity contribution in [3.63, 3.8) is 0 Å². The van der Waals surface area contributed by atoms with Crippen LogP contribution in [0.5, 0.6) is 0 Å². The second-order valence-corrected chi connectivity index (χ2v) is 5.02. The van der Waals surface area contributed by atoms with E-state index in [-0.39, 0.29) is 12.3 Å². The van der Waals surface area contributed by atoms with Gasteiger partial charge in [0.2, 0.25) is 0 Å². The highest BCUT2D eigenvalue weighted by molar-refractivity contribution is 6.30. The van der Waals surface area contributed by atoms with Crippen LogP contribution < -0.4 is 10.6 Å². The first kappa shape index (κ1) is 17.3. The fourth-order valence-corrected chi connectivity index (χ4v) is 1.95. The van der Waals surface area contributed by atoms with Gasteiger partial charge in [-0.1, -0.05) is 11.6 Å². The molecule has 5 radical (unpaired) electrons. The largest absolute Gasteiger partial charge is 0.461 e. The molecule has 0 spiro atoms. The first-order valence-corrected chi connectivity index (χ1v) is 7.40. The molecule has 1 saturated carbocycles. The molecule has 0 heterocycles. The molecule has 6 heteroatoms. The first-order chi connectivity index (χ1) is 11.1. The van der Waals surface area contributed by atoms with Gasteiger partial charge in [-0.25, -0.2) is 9.59 Å². The molecule has 1 aliphatic rings. The molecule has 5 nitrogen and oxygen atoms in total. The highest BCUT2D eigenvalue weighted by atomic mass is 35.5. The molecule has 0 aromatic heterocycles. The summed E-state index contributed by atoms with van der Waals surface area (Å²) in [5, 5.41) is 5.69. The first-order valence-electron chi connectivity index (χ1n) is 7.02.